The summed E-state index contributed by atoms with van der Waals surface area (Å²) in [5, 5.41) is 10.8. The van der Waals surface area contributed by atoms with Gasteiger partial charge in [-0.05, 0) is 29.0 Å². The van der Waals surface area contributed by atoms with E-state index in [0.717, 1.165) is 17.5 Å². The van der Waals surface area contributed by atoms with Gasteiger partial charge in [-0.2, -0.15) is 0 Å². The summed E-state index contributed by atoms with van der Waals surface area (Å²) in [6.07, 6.45) is 0.996. The maximum absolute atomic E-state index is 11.0. The standard InChI is InChI=1S/C13H12O2S/c1-2-9-3-5-10(6-4-9)11-7-8-16-12(11)13(14)15/h3-8H,2H2,1H3,(H,14,15). The summed E-state index contributed by atoms with van der Waals surface area (Å²) in [4.78, 5) is 11.4. The van der Waals surface area contributed by atoms with Gasteiger partial charge < -0.3 is 5.11 Å². The van der Waals surface area contributed by atoms with Gasteiger partial charge in [0.15, 0.2) is 0 Å². The Morgan fingerprint density at radius 1 is 1.25 bits per heavy atom. The summed E-state index contributed by atoms with van der Waals surface area (Å²) in [6.45, 7) is 2.10. The van der Waals surface area contributed by atoms with Crippen molar-refractivity contribution >= 4 is 17.3 Å². The fourth-order valence-electron chi connectivity index (χ4n) is 1.62. The maximum Gasteiger partial charge on any atom is 0.346 e. The Morgan fingerprint density at radius 3 is 2.50 bits per heavy atom. The first-order valence-electron chi connectivity index (χ1n) is 5.12. The first kappa shape index (κ1) is 10.9. The molecule has 0 aliphatic heterocycles. The summed E-state index contributed by atoms with van der Waals surface area (Å²) in [5.41, 5.74) is 3.03. The van der Waals surface area contributed by atoms with Gasteiger partial charge in [-0.3, -0.25) is 0 Å². The van der Waals surface area contributed by atoms with Gasteiger partial charge in [-0.1, -0.05) is 31.2 Å². The highest BCUT2D eigenvalue weighted by Crippen LogP contribution is 2.28. The highest BCUT2D eigenvalue weighted by Gasteiger charge is 2.12. The summed E-state index contributed by atoms with van der Waals surface area (Å²) in [5.74, 6) is -0.857. The average Bonchev–Trinajstić information content (AvgIpc) is 2.78. The van der Waals surface area contributed by atoms with E-state index in [1.165, 1.54) is 16.9 Å². The quantitative estimate of drug-likeness (QED) is 0.876. The predicted octanol–water partition coefficient (Wildman–Crippen LogP) is 3.68. The fraction of sp³-hybridized carbons (Fsp3) is 0.154. The predicted molar refractivity (Wildman–Crippen MR) is 66.1 cm³/mol. The lowest BCUT2D eigenvalue weighted by molar-refractivity contribution is 0.0703. The minimum absolute atomic E-state index is 0.407. The number of hydrogen-bond acceptors (Lipinski definition) is 2. The molecule has 2 rings (SSSR count). The van der Waals surface area contributed by atoms with Crippen LogP contribution >= 0.6 is 11.3 Å². The van der Waals surface area contributed by atoms with Crippen LogP contribution in [0.5, 0.6) is 0 Å². The van der Waals surface area contributed by atoms with E-state index >= 15 is 0 Å². The van der Waals surface area contributed by atoms with Crippen LogP contribution in [0, 0.1) is 0 Å². The lowest BCUT2D eigenvalue weighted by atomic mass is 10.0. The van der Waals surface area contributed by atoms with E-state index in [1.807, 2.05) is 35.7 Å². The van der Waals surface area contributed by atoms with Crippen LogP contribution in [0.1, 0.15) is 22.2 Å². The van der Waals surface area contributed by atoms with Gasteiger partial charge in [0, 0.05) is 5.56 Å². The molecule has 0 amide bonds. The Hall–Kier alpha value is -1.61. The number of carbonyl (C=O) groups is 1. The van der Waals surface area contributed by atoms with E-state index in [0.29, 0.717) is 4.88 Å². The number of rotatable bonds is 3. The Labute approximate surface area is 98.2 Å². The zero-order chi connectivity index (χ0) is 11.5. The van der Waals surface area contributed by atoms with Crippen molar-refractivity contribution in [2.75, 3.05) is 0 Å². The minimum Gasteiger partial charge on any atom is -0.477 e. The van der Waals surface area contributed by atoms with Crippen molar-refractivity contribution in [3.8, 4) is 11.1 Å². The third-order valence-corrected chi connectivity index (χ3v) is 3.44. The van der Waals surface area contributed by atoms with Gasteiger partial charge in [-0.15, -0.1) is 11.3 Å². The molecular weight excluding hydrogens is 220 g/mol. The molecule has 2 aromatic rings. The Kier molecular flexibility index (Phi) is 3.06. The normalized spacial score (nSPS) is 10.3. The lowest BCUT2D eigenvalue weighted by Gasteiger charge is -2.02. The van der Waals surface area contributed by atoms with Gasteiger partial charge in [-0.25, -0.2) is 4.79 Å². The molecule has 0 aliphatic carbocycles. The monoisotopic (exact) mass is 232 g/mol. The summed E-state index contributed by atoms with van der Waals surface area (Å²) < 4.78 is 0. The Balaban J connectivity index is 2.42. The van der Waals surface area contributed by atoms with Crippen LogP contribution in [0.25, 0.3) is 11.1 Å². The van der Waals surface area contributed by atoms with E-state index in [2.05, 4.69) is 6.92 Å². The minimum atomic E-state index is -0.857. The van der Waals surface area contributed by atoms with Gasteiger partial charge in [0.25, 0.3) is 0 Å². The molecule has 1 heterocycles. The number of hydrogen-bond donors (Lipinski definition) is 1. The van der Waals surface area contributed by atoms with E-state index in [-0.39, 0.29) is 0 Å². The molecule has 82 valence electrons. The molecule has 0 aliphatic rings. The molecule has 1 aromatic heterocycles. The fourth-order valence-corrected chi connectivity index (χ4v) is 2.38. The van der Waals surface area contributed by atoms with Crippen LogP contribution in [0.15, 0.2) is 35.7 Å². The van der Waals surface area contributed by atoms with Crippen molar-refractivity contribution in [2.45, 2.75) is 13.3 Å². The van der Waals surface area contributed by atoms with Crippen molar-refractivity contribution in [1.82, 2.24) is 0 Å². The number of carboxylic acids is 1. The molecule has 0 saturated carbocycles. The molecule has 0 radical (unpaired) electrons. The second-order valence-corrected chi connectivity index (χ2v) is 4.44. The van der Waals surface area contributed by atoms with Crippen LogP contribution in [0.2, 0.25) is 0 Å². The van der Waals surface area contributed by atoms with Crippen LogP contribution in [-0.4, -0.2) is 11.1 Å². The summed E-state index contributed by atoms with van der Waals surface area (Å²) in [6, 6.07) is 9.90. The maximum atomic E-state index is 11.0. The Bertz CT molecular complexity index is 497. The SMILES string of the molecule is CCc1ccc(-c2ccsc2C(=O)O)cc1. The Morgan fingerprint density at radius 2 is 1.94 bits per heavy atom. The third kappa shape index (κ3) is 1.99. The van der Waals surface area contributed by atoms with Crippen molar-refractivity contribution < 1.29 is 9.90 Å². The van der Waals surface area contributed by atoms with Gasteiger partial charge in [0.05, 0.1) is 0 Å². The lowest BCUT2D eigenvalue weighted by Crippen LogP contribution is -1.94. The zero-order valence-corrected chi connectivity index (χ0v) is 9.75. The topological polar surface area (TPSA) is 37.3 Å². The van der Waals surface area contributed by atoms with Crippen LogP contribution < -0.4 is 0 Å². The molecule has 0 spiro atoms. The van der Waals surface area contributed by atoms with Crippen LogP contribution in [-0.2, 0) is 6.42 Å². The largest absolute Gasteiger partial charge is 0.477 e. The van der Waals surface area contributed by atoms with Gasteiger partial charge in [0.2, 0.25) is 0 Å². The molecule has 16 heavy (non-hydrogen) atoms. The molecule has 0 unspecified atom stereocenters. The highest BCUT2D eigenvalue weighted by molar-refractivity contribution is 7.12. The first-order chi connectivity index (χ1) is 7.72. The molecule has 0 saturated heterocycles. The number of carboxylic acid groups (broad SMARTS) is 1. The number of benzene rings is 1. The van der Waals surface area contributed by atoms with Crippen LogP contribution in [0.3, 0.4) is 0 Å². The summed E-state index contributed by atoms with van der Waals surface area (Å²) in [7, 11) is 0. The number of aryl methyl sites for hydroxylation is 1. The molecule has 1 aromatic carbocycles. The summed E-state index contributed by atoms with van der Waals surface area (Å²) >= 11 is 1.26. The van der Waals surface area contributed by atoms with Crippen molar-refractivity contribution in [3.63, 3.8) is 0 Å². The first-order valence-corrected chi connectivity index (χ1v) is 6.00. The smallest absolute Gasteiger partial charge is 0.346 e. The number of aromatic carboxylic acids is 1. The van der Waals surface area contributed by atoms with E-state index in [4.69, 9.17) is 5.11 Å². The van der Waals surface area contributed by atoms with Crippen molar-refractivity contribution in [1.29, 1.82) is 0 Å². The van der Waals surface area contributed by atoms with Gasteiger partial charge in [0.1, 0.15) is 4.88 Å². The molecule has 0 bridgehead atoms. The van der Waals surface area contributed by atoms with Gasteiger partial charge >= 0.3 is 5.97 Å². The van der Waals surface area contributed by atoms with E-state index in [1.54, 1.807) is 0 Å². The molecule has 3 heteroatoms. The molecule has 0 atom stereocenters. The third-order valence-electron chi connectivity index (χ3n) is 2.53. The molecule has 1 N–H and O–H groups in total. The van der Waals surface area contributed by atoms with E-state index in [9.17, 15) is 4.79 Å². The van der Waals surface area contributed by atoms with Crippen molar-refractivity contribution in [3.05, 3.63) is 46.2 Å². The molecular formula is C13H12O2S. The van der Waals surface area contributed by atoms with Crippen LogP contribution in [0.4, 0.5) is 0 Å². The zero-order valence-electron chi connectivity index (χ0n) is 8.93. The highest BCUT2D eigenvalue weighted by atomic mass is 32.1. The second-order valence-electron chi connectivity index (χ2n) is 3.52. The number of thiophene rings is 1. The molecule has 0 fully saturated rings. The average molecular weight is 232 g/mol. The second kappa shape index (κ2) is 4.49. The molecule has 2 nitrogen and oxygen atoms in total. The van der Waals surface area contributed by atoms with Crippen molar-refractivity contribution in [2.24, 2.45) is 0 Å². The van der Waals surface area contributed by atoms with E-state index < -0.39 is 5.97 Å².